The van der Waals surface area contributed by atoms with Gasteiger partial charge in [-0.1, -0.05) is 0 Å². The molecule has 0 amide bonds. The molecule has 3 rings (SSSR count). The van der Waals surface area contributed by atoms with Crippen LogP contribution in [0.15, 0.2) is 42.6 Å². The van der Waals surface area contributed by atoms with Crippen molar-refractivity contribution in [2.24, 2.45) is 0 Å². The summed E-state index contributed by atoms with van der Waals surface area (Å²) in [6, 6.07) is 11.8. The highest BCUT2D eigenvalue weighted by molar-refractivity contribution is 5.62. The number of nitrogen functional groups attached to an aromatic ring is 1. The molecule has 5 nitrogen and oxygen atoms in total. The van der Waals surface area contributed by atoms with Crippen molar-refractivity contribution in [3.05, 3.63) is 42.6 Å². The number of benzene rings is 1. The number of hydrogen-bond acceptors (Lipinski definition) is 4. The van der Waals surface area contributed by atoms with Crippen molar-refractivity contribution in [1.29, 1.82) is 0 Å². The molecule has 0 fully saturated rings. The molecule has 0 aliphatic rings. The molecule has 0 aliphatic heterocycles. The fraction of sp³-hybridized carbons (Fsp3) is 0.143. The first-order valence-corrected chi connectivity index (χ1v) is 6.03. The van der Waals surface area contributed by atoms with Gasteiger partial charge in [-0.15, -0.1) is 5.10 Å². The Hall–Kier alpha value is -2.56. The van der Waals surface area contributed by atoms with Crippen molar-refractivity contribution in [1.82, 2.24) is 14.6 Å². The van der Waals surface area contributed by atoms with E-state index in [0.29, 0.717) is 11.5 Å². The summed E-state index contributed by atoms with van der Waals surface area (Å²) in [5.74, 6) is 0.705. The maximum Gasteiger partial charge on any atom is 0.182 e. The van der Waals surface area contributed by atoms with Crippen LogP contribution in [0.25, 0.3) is 17.0 Å². The Morgan fingerprint density at radius 1 is 1.05 bits per heavy atom. The van der Waals surface area contributed by atoms with Crippen LogP contribution in [0, 0.1) is 0 Å². The summed E-state index contributed by atoms with van der Waals surface area (Å²) >= 11 is 0. The molecule has 0 bridgehead atoms. The van der Waals surface area contributed by atoms with Crippen molar-refractivity contribution in [2.75, 3.05) is 24.7 Å². The van der Waals surface area contributed by atoms with Gasteiger partial charge in [-0.05, 0) is 36.4 Å². The van der Waals surface area contributed by atoms with Gasteiger partial charge in [-0.25, -0.2) is 9.50 Å². The number of nitrogens with two attached hydrogens (primary N) is 1. The minimum absolute atomic E-state index is 0.673. The quantitative estimate of drug-likeness (QED) is 0.759. The predicted octanol–water partition coefficient (Wildman–Crippen LogP) is 2.04. The van der Waals surface area contributed by atoms with Crippen LogP contribution in [0.2, 0.25) is 0 Å². The minimum Gasteiger partial charge on any atom is -0.397 e. The van der Waals surface area contributed by atoms with E-state index in [4.69, 9.17) is 5.73 Å². The molecule has 2 heterocycles. The molecule has 0 radical (unpaired) electrons. The third kappa shape index (κ3) is 2.10. The van der Waals surface area contributed by atoms with E-state index in [9.17, 15) is 0 Å². The lowest BCUT2D eigenvalue weighted by atomic mass is 10.2. The van der Waals surface area contributed by atoms with Crippen LogP contribution in [0.1, 0.15) is 0 Å². The van der Waals surface area contributed by atoms with E-state index in [1.54, 1.807) is 10.7 Å². The molecular formula is C14H15N5. The summed E-state index contributed by atoms with van der Waals surface area (Å²) in [5, 5.41) is 4.43. The Morgan fingerprint density at radius 3 is 2.47 bits per heavy atom. The fourth-order valence-electron chi connectivity index (χ4n) is 1.93. The second kappa shape index (κ2) is 4.28. The molecule has 2 N–H and O–H groups in total. The van der Waals surface area contributed by atoms with Crippen LogP contribution < -0.4 is 10.6 Å². The van der Waals surface area contributed by atoms with Crippen LogP contribution >= 0.6 is 0 Å². The van der Waals surface area contributed by atoms with Gasteiger partial charge in [0.2, 0.25) is 0 Å². The number of pyridine rings is 1. The van der Waals surface area contributed by atoms with Gasteiger partial charge in [0, 0.05) is 25.3 Å². The summed E-state index contributed by atoms with van der Waals surface area (Å²) in [5.41, 5.74) is 9.34. The number of anilines is 2. The normalized spacial score (nSPS) is 10.8. The van der Waals surface area contributed by atoms with Crippen molar-refractivity contribution < 1.29 is 0 Å². The first-order valence-electron chi connectivity index (χ1n) is 6.03. The van der Waals surface area contributed by atoms with Crippen LogP contribution in [0.3, 0.4) is 0 Å². The van der Waals surface area contributed by atoms with Crippen molar-refractivity contribution in [3.63, 3.8) is 0 Å². The van der Waals surface area contributed by atoms with Crippen LogP contribution in [-0.4, -0.2) is 28.7 Å². The van der Waals surface area contributed by atoms with E-state index in [0.717, 1.165) is 16.9 Å². The van der Waals surface area contributed by atoms with Crippen LogP contribution in [0.5, 0.6) is 0 Å². The first-order chi connectivity index (χ1) is 9.13. The van der Waals surface area contributed by atoms with Gasteiger partial charge < -0.3 is 10.6 Å². The lowest BCUT2D eigenvalue weighted by molar-refractivity contribution is 0.968. The number of rotatable bonds is 2. The molecule has 3 aromatic rings. The van der Waals surface area contributed by atoms with Crippen molar-refractivity contribution in [2.45, 2.75) is 0 Å². The maximum absolute atomic E-state index is 5.73. The molecule has 5 heteroatoms. The zero-order chi connectivity index (χ0) is 13.4. The van der Waals surface area contributed by atoms with E-state index < -0.39 is 0 Å². The lowest BCUT2D eigenvalue weighted by Crippen LogP contribution is -2.07. The molecule has 1 aromatic carbocycles. The van der Waals surface area contributed by atoms with Crippen molar-refractivity contribution >= 4 is 17.0 Å². The predicted molar refractivity (Wildman–Crippen MR) is 77.2 cm³/mol. The molecule has 0 aliphatic carbocycles. The van der Waals surface area contributed by atoms with Gasteiger partial charge in [-0.2, -0.15) is 0 Å². The molecule has 0 saturated carbocycles. The Labute approximate surface area is 111 Å². The third-order valence-electron chi connectivity index (χ3n) is 3.00. The zero-order valence-corrected chi connectivity index (χ0v) is 10.9. The fourth-order valence-corrected chi connectivity index (χ4v) is 1.93. The average Bonchev–Trinajstić information content (AvgIpc) is 2.81. The Balaban J connectivity index is 2.03. The molecule has 2 aromatic heterocycles. The molecule has 19 heavy (non-hydrogen) atoms. The van der Waals surface area contributed by atoms with Crippen LogP contribution in [-0.2, 0) is 0 Å². The van der Waals surface area contributed by atoms with Gasteiger partial charge in [0.15, 0.2) is 11.5 Å². The average molecular weight is 253 g/mol. The highest BCUT2D eigenvalue weighted by Crippen LogP contribution is 2.20. The third-order valence-corrected chi connectivity index (χ3v) is 3.00. The Kier molecular flexibility index (Phi) is 2.59. The van der Waals surface area contributed by atoms with E-state index in [1.807, 2.05) is 38.4 Å². The summed E-state index contributed by atoms with van der Waals surface area (Å²) < 4.78 is 1.70. The van der Waals surface area contributed by atoms with Gasteiger partial charge in [0.25, 0.3) is 0 Å². The molecule has 0 spiro atoms. The van der Waals surface area contributed by atoms with E-state index in [2.05, 4.69) is 27.1 Å². The largest absolute Gasteiger partial charge is 0.397 e. The summed E-state index contributed by atoms with van der Waals surface area (Å²) in [4.78, 5) is 6.54. The van der Waals surface area contributed by atoms with Gasteiger partial charge >= 0.3 is 0 Å². The first kappa shape index (κ1) is 11.5. The SMILES string of the molecule is CN(C)c1ccc(-c2nc3ccc(N)cn3n2)cc1. The Morgan fingerprint density at radius 2 is 1.79 bits per heavy atom. The monoisotopic (exact) mass is 253 g/mol. The topological polar surface area (TPSA) is 59.5 Å². The number of fused-ring (bicyclic) bond motifs is 1. The molecule has 0 unspecified atom stereocenters. The van der Waals surface area contributed by atoms with Crippen LogP contribution in [0.4, 0.5) is 11.4 Å². The van der Waals surface area contributed by atoms with E-state index in [1.165, 1.54) is 0 Å². The minimum atomic E-state index is 0.673. The van der Waals surface area contributed by atoms with E-state index >= 15 is 0 Å². The molecule has 0 saturated heterocycles. The molecule has 0 atom stereocenters. The smallest absolute Gasteiger partial charge is 0.182 e. The zero-order valence-electron chi connectivity index (χ0n) is 10.9. The number of aromatic nitrogens is 3. The summed E-state index contributed by atoms with van der Waals surface area (Å²) in [6.07, 6.45) is 1.76. The van der Waals surface area contributed by atoms with Crippen molar-refractivity contribution in [3.8, 4) is 11.4 Å². The molecule has 96 valence electrons. The second-order valence-electron chi connectivity index (χ2n) is 4.64. The van der Waals surface area contributed by atoms with Gasteiger partial charge in [0.1, 0.15) is 0 Å². The summed E-state index contributed by atoms with van der Waals surface area (Å²) in [6.45, 7) is 0. The van der Waals surface area contributed by atoms with Gasteiger partial charge in [0.05, 0.1) is 11.9 Å². The lowest BCUT2D eigenvalue weighted by Gasteiger charge is -2.11. The number of hydrogen-bond donors (Lipinski definition) is 1. The second-order valence-corrected chi connectivity index (χ2v) is 4.64. The standard InChI is InChI=1S/C14H15N5/c1-18(2)12-6-3-10(4-7-12)14-16-13-8-5-11(15)9-19(13)17-14/h3-9H,15H2,1-2H3. The molecular weight excluding hydrogens is 238 g/mol. The number of nitrogens with zero attached hydrogens (tertiary/aromatic N) is 4. The summed E-state index contributed by atoms with van der Waals surface area (Å²) in [7, 11) is 4.03. The maximum atomic E-state index is 5.73. The van der Waals surface area contributed by atoms with Gasteiger partial charge in [-0.3, -0.25) is 0 Å². The highest BCUT2D eigenvalue weighted by Gasteiger charge is 2.06. The van der Waals surface area contributed by atoms with E-state index in [-0.39, 0.29) is 0 Å². The highest BCUT2D eigenvalue weighted by atomic mass is 15.3. The Bertz CT molecular complexity index is 712.